The molecule has 0 spiro atoms. The van der Waals surface area contributed by atoms with E-state index in [-0.39, 0.29) is 6.61 Å². The predicted molar refractivity (Wildman–Crippen MR) is 163 cm³/mol. The number of aromatic hydroxyl groups is 1. The third kappa shape index (κ3) is 20.6. The number of phenols is 1. The zero-order valence-electron chi connectivity index (χ0n) is 25.4. The number of unbranched alkanes of at least 4 members (excludes halogenated alkanes) is 2. The van der Waals surface area contributed by atoms with Crippen molar-refractivity contribution in [1.82, 2.24) is 0 Å². The minimum Gasteiger partial charge on any atom is -0.508 e. The minimum absolute atomic E-state index is 0.274. The second-order valence-electron chi connectivity index (χ2n) is 10.3. The molecule has 0 aliphatic carbocycles. The van der Waals surface area contributed by atoms with Crippen molar-refractivity contribution in [3.63, 3.8) is 0 Å². The van der Waals surface area contributed by atoms with Gasteiger partial charge in [-0.2, -0.15) is 0 Å². The van der Waals surface area contributed by atoms with Crippen molar-refractivity contribution in [2.45, 2.75) is 91.3 Å². The lowest BCUT2D eigenvalue weighted by atomic mass is 10.0. The number of para-hydroxylation sites is 2. The molecule has 1 aliphatic heterocycles. The summed E-state index contributed by atoms with van der Waals surface area (Å²) >= 11 is 0. The van der Waals surface area contributed by atoms with Crippen molar-refractivity contribution in [2.24, 2.45) is 11.8 Å². The number of aliphatic hydroxyl groups is 1. The normalized spacial score (nSPS) is 15.8. The lowest BCUT2D eigenvalue weighted by Gasteiger charge is -2.17. The SMILES string of the molecule is CCCCC(CC)COCC(O)COc1ccccc1.CCCCC(CC)COCC1[CH+]O1.Oc1ccccc1. The molecule has 1 fully saturated rings. The van der Waals surface area contributed by atoms with Crippen LogP contribution in [0.2, 0.25) is 0 Å². The highest BCUT2D eigenvalue weighted by Gasteiger charge is 2.39. The molecule has 1 saturated heterocycles. The average molecular weight is 560 g/mol. The number of phenolic OH excluding ortho intramolecular Hbond substituents is 1. The number of rotatable bonds is 19. The molecule has 1 heterocycles. The second kappa shape index (κ2) is 24.5. The molecule has 0 amide bonds. The van der Waals surface area contributed by atoms with E-state index in [0.717, 1.165) is 37.9 Å². The fourth-order valence-electron chi connectivity index (χ4n) is 3.84. The largest absolute Gasteiger partial charge is 0.508 e. The first kappa shape index (κ1) is 35.8. The van der Waals surface area contributed by atoms with Crippen LogP contribution in [-0.2, 0) is 14.2 Å². The van der Waals surface area contributed by atoms with E-state index in [1.165, 1.54) is 44.9 Å². The zero-order valence-corrected chi connectivity index (χ0v) is 25.4. The van der Waals surface area contributed by atoms with Gasteiger partial charge in [0.1, 0.15) is 30.8 Å². The summed E-state index contributed by atoms with van der Waals surface area (Å²) in [6.07, 6.45) is 9.70. The van der Waals surface area contributed by atoms with Crippen LogP contribution in [0.15, 0.2) is 60.7 Å². The summed E-state index contributed by atoms with van der Waals surface area (Å²) in [5, 5.41) is 18.5. The van der Waals surface area contributed by atoms with Gasteiger partial charge in [0.2, 0.25) is 0 Å². The molecule has 6 heteroatoms. The fourth-order valence-corrected chi connectivity index (χ4v) is 3.84. The molecule has 1 aliphatic rings. The van der Waals surface area contributed by atoms with Crippen LogP contribution in [0.4, 0.5) is 0 Å². The van der Waals surface area contributed by atoms with Crippen molar-refractivity contribution in [3.05, 3.63) is 67.3 Å². The van der Waals surface area contributed by atoms with Crippen LogP contribution in [-0.4, -0.2) is 55.5 Å². The number of benzene rings is 2. The molecule has 226 valence electrons. The third-order valence-corrected chi connectivity index (χ3v) is 6.66. The van der Waals surface area contributed by atoms with Crippen LogP contribution in [0.5, 0.6) is 11.5 Å². The molecule has 0 radical (unpaired) electrons. The molecule has 6 nitrogen and oxygen atoms in total. The molecular weight excluding hydrogens is 504 g/mol. The Hall–Kier alpha value is -2.25. The van der Waals surface area contributed by atoms with Crippen LogP contribution in [0.3, 0.4) is 0 Å². The van der Waals surface area contributed by atoms with Gasteiger partial charge in [-0.1, -0.05) is 103 Å². The van der Waals surface area contributed by atoms with E-state index >= 15 is 0 Å². The summed E-state index contributed by atoms with van der Waals surface area (Å²) in [4.78, 5) is 0. The number of ether oxygens (including phenoxy) is 4. The van der Waals surface area contributed by atoms with Gasteiger partial charge < -0.3 is 24.4 Å². The summed E-state index contributed by atoms with van der Waals surface area (Å²) in [6.45, 7) is 13.7. The number of epoxide rings is 1. The van der Waals surface area contributed by atoms with Gasteiger partial charge in [0.05, 0.1) is 6.61 Å². The van der Waals surface area contributed by atoms with Crippen LogP contribution in [0.25, 0.3) is 0 Å². The quantitative estimate of drug-likeness (QED) is 0.135. The van der Waals surface area contributed by atoms with Crippen LogP contribution < -0.4 is 4.74 Å². The Bertz CT molecular complexity index is 784. The van der Waals surface area contributed by atoms with Gasteiger partial charge in [-0.15, -0.1) is 4.74 Å². The van der Waals surface area contributed by atoms with Crippen molar-refractivity contribution in [2.75, 3.05) is 33.0 Å². The Balaban J connectivity index is 0.000000339. The van der Waals surface area contributed by atoms with Crippen molar-refractivity contribution >= 4 is 0 Å². The van der Waals surface area contributed by atoms with E-state index in [9.17, 15) is 5.11 Å². The Morgan fingerprint density at radius 1 is 0.750 bits per heavy atom. The number of hydrogen-bond donors (Lipinski definition) is 2. The van der Waals surface area contributed by atoms with Gasteiger partial charge in [-0.25, -0.2) is 0 Å². The summed E-state index contributed by atoms with van der Waals surface area (Å²) in [5.74, 6) is 2.46. The van der Waals surface area contributed by atoms with Crippen LogP contribution >= 0.6 is 0 Å². The summed E-state index contributed by atoms with van der Waals surface area (Å²) in [5.41, 5.74) is 0. The summed E-state index contributed by atoms with van der Waals surface area (Å²) in [6, 6.07) is 18.2. The number of aliphatic hydroxyl groups excluding tert-OH is 1. The van der Waals surface area contributed by atoms with Gasteiger partial charge >= 0.3 is 0 Å². The minimum atomic E-state index is -0.570. The third-order valence-electron chi connectivity index (χ3n) is 6.66. The molecule has 0 bridgehead atoms. The maximum absolute atomic E-state index is 9.82. The fraction of sp³-hybridized carbons (Fsp3) is 0.618. The van der Waals surface area contributed by atoms with E-state index < -0.39 is 6.10 Å². The Morgan fingerprint density at radius 3 is 1.73 bits per heavy atom. The van der Waals surface area contributed by atoms with Gasteiger partial charge in [0.25, 0.3) is 12.7 Å². The molecule has 0 aromatic heterocycles. The predicted octanol–water partition coefficient (Wildman–Crippen LogP) is 7.83. The molecule has 0 saturated carbocycles. The van der Waals surface area contributed by atoms with E-state index in [1.54, 1.807) is 24.3 Å². The van der Waals surface area contributed by atoms with E-state index in [1.807, 2.05) is 43.0 Å². The average Bonchev–Trinajstić information content (AvgIpc) is 3.82. The molecule has 2 N–H and O–H groups in total. The Labute approximate surface area is 244 Å². The topological polar surface area (TPSA) is 80.7 Å². The summed E-state index contributed by atoms with van der Waals surface area (Å²) < 4.78 is 21.6. The maximum Gasteiger partial charge on any atom is 0.298 e. The first-order valence-electron chi connectivity index (χ1n) is 15.3. The Kier molecular flexibility index (Phi) is 21.9. The Morgan fingerprint density at radius 2 is 1.27 bits per heavy atom. The molecule has 40 heavy (non-hydrogen) atoms. The van der Waals surface area contributed by atoms with E-state index in [4.69, 9.17) is 24.1 Å². The first-order valence-corrected chi connectivity index (χ1v) is 15.3. The molecule has 3 rings (SSSR count). The lowest BCUT2D eigenvalue weighted by Crippen LogP contribution is -2.25. The van der Waals surface area contributed by atoms with Crippen molar-refractivity contribution in [1.29, 1.82) is 0 Å². The molecule has 4 atom stereocenters. The molecule has 4 unspecified atom stereocenters. The highest BCUT2D eigenvalue weighted by atomic mass is 16.6. The van der Waals surface area contributed by atoms with E-state index in [2.05, 4.69) is 27.7 Å². The van der Waals surface area contributed by atoms with Gasteiger partial charge in [-0.05, 0) is 48.9 Å². The first-order chi connectivity index (χ1) is 19.5. The van der Waals surface area contributed by atoms with Gasteiger partial charge in [-0.3, -0.25) is 0 Å². The molecular formula is C34H55O6+. The van der Waals surface area contributed by atoms with Crippen LogP contribution in [0, 0.1) is 18.4 Å². The van der Waals surface area contributed by atoms with Gasteiger partial charge in [0.15, 0.2) is 0 Å². The number of hydrogen-bond acceptors (Lipinski definition) is 6. The molecule has 2 aromatic rings. The van der Waals surface area contributed by atoms with Crippen molar-refractivity contribution < 1.29 is 29.2 Å². The van der Waals surface area contributed by atoms with E-state index in [0.29, 0.717) is 24.4 Å². The van der Waals surface area contributed by atoms with Crippen molar-refractivity contribution in [3.8, 4) is 11.5 Å². The molecule has 2 aromatic carbocycles. The monoisotopic (exact) mass is 559 g/mol. The zero-order chi connectivity index (χ0) is 29.3. The summed E-state index contributed by atoms with van der Waals surface area (Å²) in [7, 11) is 0. The highest BCUT2D eigenvalue weighted by Crippen LogP contribution is 2.18. The lowest BCUT2D eigenvalue weighted by molar-refractivity contribution is -0.00109. The smallest absolute Gasteiger partial charge is 0.298 e. The second-order valence-corrected chi connectivity index (χ2v) is 10.3. The van der Waals surface area contributed by atoms with Gasteiger partial charge in [0, 0.05) is 13.2 Å². The maximum atomic E-state index is 9.82. The standard InChI is InChI=1S/C17H28O3.C11H21O2.C6H6O/c1-3-5-9-15(4-2)12-19-13-16(18)14-20-17-10-7-6-8-11-17;1-3-5-6-10(4-2)7-12-8-11-9-13-11;7-6-4-2-1-3-5-6/h6-8,10-11,15-16,18H,3-5,9,12-14H2,1-2H3;9-11H,3-8H2,1-2H3;1-5,7H/q;+1;. The highest BCUT2D eigenvalue weighted by molar-refractivity contribution is 5.21. The van der Waals surface area contributed by atoms with Crippen LogP contribution in [0.1, 0.15) is 79.1 Å².